The maximum atomic E-state index is 5.35. The van der Waals surface area contributed by atoms with E-state index in [1.807, 2.05) is 37.3 Å². The molecule has 0 amide bonds. The zero-order chi connectivity index (χ0) is 14.7. The Hall–Kier alpha value is -2.28. The Morgan fingerprint density at radius 1 is 1.33 bits per heavy atom. The highest BCUT2D eigenvalue weighted by molar-refractivity contribution is 7.98. The topological polar surface area (TPSA) is 76.8 Å². The second-order valence-electron chi connectivity index (χ2n) is 4.37. The maximum Gasteiger partial charge on any atom is 0.208 e. The number of rotatable bonds is 5. The van der Waals surface area contributed by atoms with E-state index in [9.17, 15) is 0 Å². The third-order valence-corrected chi connectivity index (χ3v) is 3.73. The van der Waals surface area contributed by atoms with Gasteiger partial charge in [0, 0.05) is 11.6 Å². The van der Waals surface area contributed by atoms with Gasteiger partial charge < -0.3 is 9.26 Å². The van der Waals surface area contributed by atoms with Crippen LogP contribution in [0.25, 0.3) is 11.3 Å². The molecular weight excluding hydrogens is 288 g/mol. The lowest BCUT2D eigenvalue weighted by atomic mass is 10.1. The van der Waals surface area contributed by atoms with Crippen molar-refractivity contribution in [3.05, 3.63) is 41.9 Å². The summed E-state index contributed by atoms with van der Waals surface area (Å²) in [6, 6.07) is 9.62. The van der Waals surface area contributed by atoms with Crippen LogP contribution >= 0.6 is 11.8 Å². The quantitative estimate of drug-likeness (QED) is 0.730. The van der Waals surface area contributed by atoms with Gasteiger partial charge >= 0.3 is 0 Å². The number of methoxy groups -OCH3 is 1. The molecule has 6 nitrogen and oxygen atoms in total. The molecule has 1 aromatic carbocycles. The highest BCUT2D eigenvalue weighted by atomic mass is 32.2. The zero-order valence-electron chi connectivity index (χ0n) is 11.7. The van der Waals surface area contributed by atoms with Gasteiger partial charge in [0.15, 0.2) is 0 Å². The van der Waals surface area contributed by atoms with Crippen molar-refractivity contribution >= 4 is 11.8 Å². The van der Waals surface area contributed by atoms with Gasteiger partial charge in [-0.2, -0.15) is 0 Å². The fraction of sp³-hybridized carbons (Fsp3) is 0.214. The van der Waals surface area contributed by atoms with Gasteiger partial charge in [0.2, 0.25) is 5.16 Å². The lowest BCUT2D eigenvalue weighted by Gasteiger charge is -2.03. The van der Waals surface area contributed by atoms with Gasteiger partial charge in [-0.1, -0.05) is 29.1 Å². The van der Waals surface area contributed by atoms with Gasteiger partial charge in [-0.25, -0.2) is 4.98 Å². The molecule has 1 N–H and O–H groups in total. The summed E-state index contributed by atoms with van der Waals surface area (Å²) in [6.07, 6.45) is 0. The van der Waals surface area contributed by atoms with E-state index in [4.69, 9.17) is 9.26 Å². The predicted octanol–water partition coefficient (Wildman–Crippen LogP) is 3.07. The number of aromatic amines is 1. The van der Waals surface area contributed by atoms with E-state index in [-0.39, 0.29) is 0 Å². The Morgan fingerprint density at radius 2 is 2.19 bits per heavy atom. The highest BCUT2D eigenvalue weighted by Gasteiger charge is 2.12. The second-order valence-corrected chi connectivity index (χ2v) is 5.31. The van der Waals surface area contributed by atoms with Crippen LogP contribution in [0.3, 0.4) is 0 Å². The van der Waals surface area contributed by atoms with Crippen molar-refractivity contribution in [2.75, 3.05) is 7.11 Å². The van der Waals surface area contributed by atoms with Crippen molar-refractivity contribution in [1.82, 2.24) is 20.3 Å². The van der Waals surface area contributed by atoms with Crippen molar-refractivity contribution < 1.29 is 9.26 Å². The molecule has 0 unspecified atom stereocenters. The molecule has 21 heavy (non-hydrogen) atoms. The summed E-state index contributed by atoms with van der Waals surface area (Å²) >= 11 is 1.49. The van der Waals surface area contributed by atoms with Gasteiger partial charge in [0.25, 0.3) is 0 Å². The Bertz CT molecular complexity index is 738. The molecule has 3 aromatic rings. The minimum Gasteiger partial charge on any atom is -0.496 e. The zero-order valence-corrected chi connectivity index (χ0v) is 12.5. The molecule has 0 saturated heterocycles. The van der Waals surface area contributed by atoms with Crippen LogP contribution in [-0.2, 0) is 5.75 Å². The molecule has 0 aliphatic carbocycles. The Balaban J connectivity index is 1.74. The van der Waals surface area contributed by atoms with Gasteiger partial charge in [0.1, 0.15) is 23.0 Å². The van der Waals surface area contributed by atoms with Crippen molar-refractivity contribution in [2.24, 2.45) is 0 Å². The number of nitrogens with zero attached hydrogens (tertiary/aromatic N) is 3. The molecule has 108 valence electrons. The summed E-state index contributed by atoms with van der Waals surface area (Å²) in [4.78, 5) is 4.23. The van der Waals surface area contributed by atoms with Crippen LogP contribution in [0.2, 0.25) is 0 Å². The van der Waals surface area contributed by atoms with Crippen LogP contribution in [0.4, 0.5) is 0 Å². The summed E-state index contributed by atoms with van der Waals surface area (Å²) in [5.74, 6) is 2.96. The molecule has 0 saturated carbocycles. The average Bonchev–Trinajstić information content (AvgIpc) is 3.14. The number of aryl methyl sites for hydroxylation is 1. The third kappa shape index (κ3) is 3.08. The van der Waals surface area contributed by atoms with E-state index in [0.717, 1.165) is 28.6 Å². The summed E-state index contributed by atoms with van der Waals surface area (Å²) in [7, 11) is 1.64. The lowest BCUT2D eigenvalue weighted by molar-refractivity contribution is 0.395. The standard InChI is InChI=1S/C14H14N4O2S/c1-9-15-14(17-16-9)21-8-10-7-12(18-20-10)11-5-3-4-6-13(11)19-2/h3-7H,8H2,1-2H3,(H,15,16,17). The van der Waals surface area contributed by atoms with Gasteiger partial charge in [-0.3, -0.25) is 5.10 Å². The largest absolute Gasteiger partial charge is 0.496 e. The van der Waals surface area contributed by atoms with Gasteiger partial charge in [0.05, 0.1) is 12.9 Å². The minimum absolute atomic E-state index is 0.624. The second kappa shape index (κ2) is 6.01. The molecule has 0 spiro atoms. The molecule has 0 atom stereocenters. The first-order valence-electron chi connectivity index (χ1n) is 6.37. The molecule has 3 rings (SSSR count). The van der Waals surface area contributed by atoms with Crippen molar-refractivity contribution in [3.63, 3.8) is 0 Å². The van der Waals surface area contributed by atoms with E-state index in [1.165, 1.54) is 11.8 Å². The Morgan fingerprint density at radius 3 is 2.95 bits per heavy atom. The molecular formula is C14H14N4O2S. The summed E-state index contributed by atoms with van der Waals surface area (Å²) in [6.45, 7) is 1.87. The fourth-order valence-electron chi connectivity index (χ4n) is 1.89. The molecule has 7 heteroatoms. The number of H-pyrrole nitrogens is 1. The number of aromatic nitrogens is 4. The van der Waals surface area contributed by atoms with Crippen molar-refractivity contribution in [1.29, 1.82) is 0 Å². The van der Waals surface area contributed by atoms with Crippen molar-refractivity contribution in [2.45, 2.75) is 17.8 Å². The van der Waals surface area contributed by atoms with Gasteiger partial charge in [-0.15, -0.1) is 5.10 Å². The predicted molar refractivity (Wildman–Crippen MR) is 79.2 cm³/mol. The van der Waals surface area contributed by atoms with Crippen LogP contribution in [0.15, 0.2) is 40.0 Å². The number of hydrogen-bond acceptors (Lipinski definition) is 6. The summed E-state index contributed by atoms with van der Waals surface area (Å²) in [5, 5.41) is 11.7. The number of nitrogens with one attached hydrogen (secondary N) is 1. The van der Waals surface area contributed by atoms with E-state index >= 15 is 0 Å². The number of benzene rings is 1. The summed E-state index contributed by atoms with van der Waals surface area (Å²) < 4.78 is 10.7. The molecule has 0 radical (unpaired) electrons. The van der Waals surface area contributed by atoms with E-state index in [2.05, 4.69) is 20.3 Å². The highest BCUT2D eigenvalue weighted by Crippen LogP contribution is 2.30. The lowest BCUT2D eigenvalue weighted by Crippen LogP contribution is -1.86. The van der Waals surface area contributed by atoms with E-state index in [1.54, 1.807) is 7.11 Å². The van der Waals surface area contributed by atoms with Crippen LogP contribution in [0.5, 0.6) is 5.75 Å². The molecule has 0 aliphatic rings. The van der Waals surface area contributed by atoms with Crippen LogP contribution in [0, 0.1) is 6.92 Å². The average molecular weight is 302 g/mol. The monoisotopic (exact) mass is 302 g/mol. The Kier molecular flexibility index (Phi) is 3.92. The van der Waals surface area contributed by atoms with Crippen LogP contribution in [0.1, 0.15) is 11.6 Å². The van der Waals surface area contributed by atoms with Crippen LogP contribution < -0.4 is 4.74 Å². The SMILES string of the molecule is COc1ccccc1-c1cc(CSc2n[nH]c(C)n2)on1. The van der Waals surface area contributed by atoms with Crippen LogP contribution in [-0.4, -0.2) is 27.4 Å². The third-order valence-electron chi connectivity index (χ3n) is 2.86. The van der Waals surface area contributed by atoms with E-state index in [0.29, 0.717) is 10.9 Å². The Labute approximate surface area is 125 Å². The minimum atomic E-state index is 0.624. The first kappa shape index (κ1) is 13.7. The number of para-hydroxylation sites is 1. The maximum absolute atomic E-state index is 5.35. The molecule has 0 aliphatic heterocycles. The number of ether oxygens (including phenoxy) is 1. The van der Waals surface area contributed by atoms with Gasteiger partial charge in [-0.05, 0) is 19.1 Å². The molecule has 2 aromatic heterocycles. The normalized spacial score (nSPS) is 10.8. The number of thioether (sulfide) groups is 1. The smallest absolute Gasteiger partial charge is 0.208 e. The van der Waals surface area contributed by atoms with E-state index < -0.39 is 0 Å². The molecule has 2 heterocycles. The molecule has 0 bridgehead atoms. The summed E-state index contributed by atoms with van der Waals surface area (Å²) in [5.41, 5.74) is 1.67. The number of hydrogen-bond donors (Lipinski definition) is 1. The first-order chi connectivity index (χ1) is 10.3. The van der Waals surface area contributed by atoms with Crippen molar-refractivity contribution in [3.8, 4) is 17.0 Å². The first-order valence-corrected chi connectivity index (χ1v) is 7.35. The molecule has 0 fully saturated rings. The fourth-order valence-corrected chi connectivity index (χ4v) is 2.61.